The van der Waals surface area contributed by atoms with E-state index in [1.807, 2.05) is 6.92 Å². The van der Waals surface area contributed by atoms with E-state index in [0.29, 0.717) is 6.42 Å². The van der Waals surface area contributed by atoms with E-state index in [2.05, 4.69) is 10.3 Å². The molecule has 0 aliphatic heterocycles. The summed E-state index contributed by atoms with van der Waals surface area (Å²) >= 11 is 5.66. The molecule has 1 heterocycles. The Hall–Kier alpha value is -1.40. The number of nitrogens with zero attached hydrogens (tertiary/aromatic N) is 2. The standard InChI is InChI=1S/C10H14ClN3O3/c1-2-8(3-4-15)13-10-9(14(16)17)5-7(11)6-12-10/h5-6,8,15H,2-4H2,1H3,(H,12,13). The molecule has 0 bridgehead atoms. The van der Waals surface area contributed by atoms with Crippen molar-refractivity contribution in [2.75, 3.05) is 11.9 Å². The fourth-order valence-electron chi connectivity index (χ4n) is 1.41. The van der Waals surface area contributed by atoms with Gasteiger partial charge in [-0.15, -0.1) is 0 Å². The summed E-state index contributed by atoms with van der Waals surface area (Å²) in [7, 11) is 0. The van der Waals surface area contributed by atoms with Gasteiger partial charge in [0.25, 0.3) is 0 Å². The first-order valence-electron chi connectivity index (χ1n) is 5.25. The van der Waals surface area contributed by atoms with E-state index in [9.17, 15) is 10.1 Å². The topological polar surface area (TPSA) is 88.3 Å². The van der Waals surface area contributed by atoms with Gasteiger partial charge in [-0.1, -0.05) is 18.5 Å². The van der Waals surface area contributed by atoms with E-state index < -0.39 is 4.92 Å². The molecule has 17 heavy (non-hydrogen) atoms. The Morgan fingerprint density at radius 2 is 2.41 bits per heavy atom. The summed E-state index contributed by atoms with van der Waals surface area (Å²) in [5, 5.41) is 22.8. The molecule has 0 aromatic carbocycles. The van der Waals surface area contributed by atoms with Crippen LogP contribution >= 0.6 is 11.6 Å². The van der Waals surface area contributed by atoms with Crippen molar-refractivity contribution >= 4 is 23.1 Å². The van der Waals surface area contributed by atoms with Crippen LogP contribution in [0.1, 0.15) is 19.8 Å². The van der Waals surface area contributed by atoms with Crippen LogP contribution < -0.4 is 5.32 Å². The average molecular weight is 260 g/mol. The Balaban J connectivity index is 2.92. The molecule has 0 amide bonds. The van der Waals surface area contributed by atoms with Crippen LogP contribution in [-0.4, -0.2) is 27.7 Å². The van der Waals surface area contributed by atoms with Crippen molar-refractivity contribution in [2.45, 2.75) is 25.8 Å². The van der Waals surface area contributed by atoms with Gasteiger partial charge in [-0.2, -0.15) is 0 Å². The van der Waals surface area contributed by atoms with E-state index in [1.54, 1.807) is 0 Å². The number of nitrogens with one attached hydrogen (secondary N) is 1. The second kappa shape index (κ2) is 6.36. The molecular weight excluding hydrogens is 246 g/mol. The Labute approximate surface area is 104 Å². The van der Waals surface area contributed by atoms with Crippen molar-refractivity contribution in [3.05, 3.63) is 27.4 Å². The molecule has 0 radical (unpaired) electrons. The summed E-state index contributed by atoms with van der Waals surface area (Å²) in [6.45, 7) is 1.95. The highest BCUT2D eigenvalue weighted by atomic mass is 35.5. The van der Waals surface area contributed by atoms with Crippen LogP contribution in [0.2, 0.25) is 5.02 Å². The number of pyridine rings is 1. The van der Waals surface area contributed by atoms with Crippen molar-refractivity contribution in [1.82, 2.24) is 4.98 Å². The molecular formula is C10H14ClN3O3. The molecule has 0 spiro atoms. The highest BCUT2D eigenvalue weighted by Crippen LogP contribution is 2.26. The molecule has 1 rings (SSSR count). The number of hydrogen-bond acceptors (Lipinski definition) is 5. The lowest BCUT2D eigenvalue weighted by Crippen LogP contribution is -2.21. The summed E-state index contributed by atoms with van der Waals surface area (Å²) in [4.78, 5) is 14.2. The number of aromatic nitrogens is 1. The molecule has 0 saturated carbocycles. The maximum absolute atomic E-state index is 10.8. The zero-order valence-corrected chi connectivity index (χ0v) is 10.1. The zero-order valence-electron chi connectivity index (χ0n) is 9.39. The maximum atomic E-state index is 10.8. The van der Waals surface area contributed by atoms with E-state index >= 15 is 0 Å². The minimum atomic E-state index is -0.535. The van der Waals surface area contributed by atoms with Crippen LogP contribution in [0.3, 0.4) is 0 Å². The van der Waals surface area contributed by atoms with Gasteiger partial charge >= 0.3 is 5.69 Å². The molecule has 0 aliphatic rings. The largest absolute Gasteiger partial charge is 0.396 e. The molecule has 2 N–H and O–H groups in total. The minimum Gasteiger partial charge on any atom is -0.396 e. The van der Waals surface area contributed by atoms with Crippen LogP contribution in [0.5, 0.6) is 0 Å². The number of halogens is 1. The van der Waals surface area contributed by atoms with Crippen molar-refractivity contribution in [3.8, 4) is 0 Å². The van der Waals surface area contributed by atoms with Crippen molar-refractivity contribution in [3.63, 3.8) is 0 Å². The monoisotopic (exact) mass is 259 g/mol. The van der Waals surface area contributed by atoms with E-state index in [1.165, 1.54) is 12.3 Å². The molecule has 1 aromatic heterocycles. The number of nitro groups is 1. The number of rotatable bonds is 6. The second-order valence-electron chi connectivity index (χ2n) is 3.54. The van der Waals surface area contributed by atoms with Crippen LogP contribution in [0.25, 0.3) is 0 Å². The third-order valence-corrected chi connectivity index (χ3v) is 2.55. The highest BCUT2D eigenvalue weighted by Gasteiger charge is 2.18. The summed E-state index contributed by atoms with van der Waals surface area (Å²) in [6, 6.07) is 1.20. The first-order chi connectivity index (χ1) is 8.08. The lowest BCUT2D eigenvalue weighted by Gasteiger charge is -2.16. The van der Waals surface area contributed by atoms with Crippen LogP contribution in [-0.2, 0) is 0 Å². The van der Waals surface area contributed by atoms with Gasteiger partial charge in [0.2, 0.25) is 5.82 Å². The van der Waals surface area contributed by atoms with Gasteiger partial charge in [-0.05, 0) is 12.8 Å². The Kier molecular flexibility index (Phi) is 5.11. The third-order valence-electron chi connectivity index (χ3n) is 2.34. The fraction of sp³-hybridized carbons (Fsp3) is 0.500. The molecule has 1 unspecified atom stereocenters. The molecule has 0 aliphatic carbocycles. The van der Waals surface area contributed by atoms with Crippen LogP contribution in [0.4, 0.5) is 11.5 Å². The maximum Gasteiger partial charge on any atom is 0.312 e. The smallest absolute Gasteiger partial charge is 0.312 e. The SMILES string of the molecule is CCC(CCO)Nc1ncc(Cl)cc1[N+](=O)[O-]. The first-order valence-corrected chi connectivity index (χ1v) is 5.63. The molecule has 1 aromatic rings. The first kappa shape index (κ1) is 13.7. The molecule has 0 saturated heterocycles. The number of aliphatic hydroxyl groups is 1. The number of hydrogen-bond donors (Lipinski definition) is 2. The summed E-state index contributed by atoms with van der Waals surface area (Å²) < 4.78 is 0. The number of anilines is 1. The van der Waals surface area contributed by atoms with Gasteiger partial charge in [-0.25, -0.2) is 4.98 Å². The minimum absolute atomic E-state index is 0.0207. The Bertz CT molecular complexity index is 400. The predicted octanol–water partition coefficient (Wildman–Crippen LogP) is 2.22. The van der Waals surface area contributed by atoms with Gasteiger partial charge < -0.3 is 10.4 Å². The summed E-state index contributed by atoms with van der Waals surface area (Å²) in [6.07, 6.45) is 2.60. The van der Waals surface area contributed by atoms with Gasteiger partial charge in [0.1, 0.15) is 0 Å². The van der Waals surface area contributed by atoms with Crippen LogP contribution in [0, 0.1) is 10.1 Å². The molecule has 6 nitrogen and oxygen atoms in total. The van der Waals surface area contributed by atoms with Gasteiger partial charge in [0.15, 0.2) is 0 Å². The van der Waals surface area contributed by atoms with Crippen molar-refractivity contribution in [2.24, 2.45) is 0 Å². The summed E-state index contributed by atoms with van der Waals surface area (Å²) in [5.41, 5.74) is -0.158. The zero-order chi connectivity index (χ0) is 12.8. The van der Waals surface area contributed by atoms with E-state index in [0.717, 1.165) is 6.42 Å². The quantitative estimate of drug-likeness (QED) is 0.604. The molecule has 94 valence electrons. The molecule has 7 heteroatoms. The highest BCUT2D eigenvalue weighted by molar-refractivity contribution is 6.30. The number of aliphatic hydroxyl groups excluding tert-OH is 1. The average Bonchev–Trinajstić information content (AvgIpc) is 2.30. The normalized spacial score (nSPS) is 12.2. The van der Waals surface area contributed by atoms with Gasteiger partial charge in [0, 0.05) is 24.9 Å². The van der Waals surface area contributed by atoms with Gasteiger partial charge in [0.05, 0.1) is 9.95 Å². The lowest BCUT2D eigenvalue weighted by molar-refractivity contribution is -0.384. The van der Waals surface area contributed by atoms with Crippen LogP contribution in [0.15, 0.2) is 12.3 Å². The fourth-order valence-corrected chi connectivity index (χ4v) is 1.56. The Morgan fingerprint density at radius 3 is 2.94 bits per heavy atom. The van der Waals surface area contributed by atoms with E-state index in [-0.39, 0.29) is 29.2 Å². The summed E-state index contributed by atoms with van der Waals surface area (Å²) in [5.74, 6) is 0.180. The van der Waals surface area contributed by atoms with Gasteiger partial charge in [-0.3, -0.25) is 10.1 Å². The Morgan fingerprint density at radius 1 is 1.71 bits per heavy atom. The third kappa shape index (κ3) is 3.83. The molecule has 1 atom stereocenters. The van der Waals surface area contributed by atoms with Crippen molar-refractivity contribution < 1.29 is 10.0 Å². The lowest BCUT2D eigenvalue weighted by atomic mass is 10.1. The van der Waals surface area contributed by atoms with E-state index in [4.69, 9.17) is 16.7 Å². The molecule has 0 fully saturated rings. The van der Waals surface area contributed by atoms with Crippen molar-refractivity contribution in [1.29, 1.82) is 0 Å². The second-order valence-corrected chi connectivity index (χ2v) is 3.98. The predicted molar refractivity (Wildman–Crippen MR) is 65.3 cm³/mol.